The van der Waals surface area contributed by atoms with E-state index in [9.17, 15) is 4.39 Å². The molecule has 0 amide bonds. The van der Waals surface area contributed by atoms with Gasteiger partial charge in [0.2, 0.25) is 0 Å². The maximum atomic E-state index is 13.0. The van der Waals surface area contributed by atoms with Gasteiger partial charge in [-0.2, -0.15) is 4.80 Å². The SMILES string of the molecule is Cc1cc2nn(-c3ccc(F)cc3)nc2c2ccccc12. The van der Waals surface area contributed by atoms with Crippen LogP contribution >= 0.6 is 0 Å². The third-order valence-corrected chi connectivity index (χ3v) is 3.66. The van der Waals surface area contributed by atoms with Gasteiger partial charge in [-0.25, -0.2) is 4.39 Å². The highest BCUT2D eigenvalue weighted by Crippen LogP contribution is 2.26. The average Bonchev–Trinajstić information content (AvgIpc) is 2.92. The Morgan fingerprint density at radius 1 is 0.905 bits per heavy atom. The Morgan fingerprint density at radius 3 is 2.38 bits per heavy atom. The highest BCUT2D eigenvalue weighted by Gasteiger charge is 2.10. The number of aryl methyl sites for hydroxylation is 1. The standard InChI is InChI=1S/C17H12FN3/c1-11-10-16-17(15-5-3-2-4-14(11)15)20-21(19-16)13-8-6-12(18)7-9-13/h2-10H,1H3. The predicted octanol–water partition coefficient (Wildman–Crippen LogP) is 4.02. The minimum absolute atomic E-state index is 0.267. The van der Waals surface area contributed by atoms with Crippen LogP contribution in [0.15, 0.2) is 54.6 Å². The van der Waals surface area contributed by atoms with E-state index in [0.29, 0.717) is 0 Å². The molecule has 0 aliphatic carbocycles. The van der Waals surface area contributed by atoms with Crippen molar-refractivity contribution in [2.75, 3.05) is 0 Å². The van der Waals surface area contributed by atoms with Crippen molar-refractivity contribution in [3.8, 4) is 5.69 Å². The quantitative estimate of drug-likeness (QED) is 0.526. The molecule has 0 spiro atoms. The van der Waals surface area contributed by atoms with E-state index in [0.717, 1.165) is 22.1 Å². The molecule has 4 rings (SSSR count). The lowest BCUT2D eigenvalue weighted by Gasteiger charge is -2.00. The topological polar surface area (TPSA) is 30.7 Å². The largest absolute Gasteiger partial charge is 0.207 e. The van der Waals surface area contributed by atoms with Gasteiger partial charge in [-0.3, -0.25) is 0 Å². The Balaban J connectivity index is 2.02. The molecule has 1 aromatic heterocycles. The summed E-state index contributed by atoms with van der Waals surface area (Å²) in [5.74, 6) is -0.267. The highest BCUT2D eigenvalue weighted by atomic mass is 19.1. The molecule has 3 nitrogen and oxygen atoms in total. The van der Waals surface area contributed by atoms with Crippen LogP contribution in [0.5, 0.6) is 0 Å². The van der Waals surface area contributed by atoms with Crippen molar-refractivity contribution in [2.24, 2.45) is 0 Å². The van der Waals surface area contributed by atoms with Crippen LogP contribution in [0.4, 0.5) is 4.39 Å². The fourth-order valence-corrected chi connectivity index (χ4v) is 2.61. The summed E-state index contributed by atoms with van der Waals surface area (Å²) < 4.78 is 13.0. The molecule has 4 aromatic rings. The Hall–Kier alpha value is -2.75. The zero-order chi connectivity index (χ0) is 14.4. The molecule has 0 aliphatic rings. The summed E-state index contributed by atoms with van der Waals surface area (Å²) in [6.07, 6.45) is 0. The second-order valence-electron chi connectivity index (χ2n) is 5.07. The molecule has 0 radical (unpaired) electrons. The van der Waals surface area contributed by atoms with Crippen molar-refractivity contribution in [2.45, 2.75) is 6.92 Å². The summed E-state index contributed by atoms with van der Waals surface area (Å²) in [6.45, 7) is 2.07. The number of hydrogen-bond donors (Lipinski definition) is 0. The van der Waals surface area contributed by atoms with Gasteiger partial charge < -0.3 is 0 Å². The number of fused-ring (bicyclic) bond motifs is 3. The Bertz CT molecular complexity index is 955. The number of halogens is 1. The van der Waals surface area contributed by atoms with Crippen LogP contribution in [0.3, 0.4) is 0 Å². The van der Waals surface area contributed by atoms with E-state index in [1.165, 1.54) is 23.1 Å². The van der Waals surface area contributed by atoms with Crippen molar-refractivity contribution in [3.63, 3.8) is 0 Å². The van der Waals surface area contributed by atoms with Gasteiger partial charge in [0.15, 0.2) is 0 Å². The molecule has 0 fully saturated rings. The van der Waals surface area contributed by atoms with Gasteiger partial charge in [0.25, 0.3) is 0 Å². The molecule has 102 valence electrons. The third kappa shape index (κ3) is 1.88. The van der Waals surface area contributed by atoms with E-state index in [4.69, 9.17) is 0 Å². The Morgan fingerprint density at radius 2 is 1.62 bits per heavy atom. The van der Waals surface area contributed by atoms with Gasteiger partial charge in [-0.1, -0.05) is 24.3 Å². The number of aromatic nitrogens is 3. The molecule has 0 atom stereocenters. The molecular weight excluding hydrogens is 265 g/mol. The summed E-state index contributed by atoms with van der Waals surface area (Å²) in [4.78, 5) is 1.55. The zero-order valence-corrected chi connectivity index (χ0v) is 11.4. The van der Waals surface area contributed by atoms with Crippen LogP contribution in [-0.2, 0) is 0 Å². The molecule has 0 unspecified atom stereocenters. The van der Waals surface area contributed by atoms with Crippen molar-refractivity contribution in [1.82, 2.24) is 15.0 Å². The van der Waals surface area contributed by atoms with Crippen LogP contribution in [0.1, 0.15) is 5.56 Å². The van der Waals surface area contributed by atoms with Crippen LogP contribution in [0.2, 0.25) is 0 Å². The summed E-state index contributed by atoms with van der Waals surface area (Å²) in [5, 5.41) is 11.3. The molecule has 1 heterocycles. The lowest BCUT2D eigenvalue weighted by Crippen LogP contribution is -1.98. The van der Waals surface area contributed by atoms with Crippen molar-refractivity contribution >= 4 is 21.8 Å². The number of benzene rings is 3. The first-order valence-corrected chi connectivity index (χ1v) is 6.74. The predicted molar refractivity (Wildman–Crippen MR) is 81.1 cm³/mol. The normalized spacial score (nSPS) is 11.3. The number of hydrogen-bond acceptors (Lipinski definition) is 2. The highest BCUT2D eigenvalue weighted by molar-refractivity contribution is 6.05. The maximum absolute atomic E-state index is 13.0. The summed E-state index contributed by atoms with van der Waals surface area (Å²) >= 11 is 0. The van der Waals surface area contributed by atoms with E-state index in [1.807, 2.05) is 24.3 Å². The van der Waals surface area contributed by atoms with Gasteiger partial charge in [0, 0.05) is 5.39 Å². The monoisotopic (exact) mass is 277 g/mol. The van der Waals surface area contributed by atoms with Crippen molar-refractivity contribution < 1.29 is 4.39 Å². The number of rotatable bonds is 1. The molecule has 0 N–H and O–H groups in total. The smallest absolute Gasteiger partial charge is 0.123 e. The zero-order valence-electron chi connectivity index (χ0n) is 11.4. The summed E-state index contributed by atoms with van der Waals surface area (Å²) in [7, 11) is 0. The molecular formula is C17H12FN3. The van der Waals surface area contributed by atoms with Crippen LogP contribution in [-0.4, -0.2) is 15.0 Å². The fourth-order valence-electron chi connectivity index (χ4n) is 2.61. The summed E-state index contributed by atoms with van der Waals surface area (Å²) in [6, 6.07) is 16.3. The molecule has 0 saturated carbocycles. The lowest BCUT2D eigenvalue weighted by molar-refractivity contribution is 0.626. The van der Waals surface area contributed by atoms with Crippen molar-refractivity contribution in [3.05, 3.63) is 66.0 Å². The summed E-state index contributed by atoms with van der Waals surface area (Å²) in [5.41, 5.74) is 3.62. The van der Waals surface area contributed by atoms with Crippen LogP contribution < -0.4 is 0 Å². The minimum atomic E-state index is -0.267. The van der Waals surface area contributed by atoms with E-state index in [2.05, 4.69) is 23.2 Å². The van der Waals surface area contributed by atoms with E-state index < -0.39 is 0 Å². The van der Waals surface area contributed by atoms with E-state index in [-0.39, 0.29) is 5.82 Å². The fraction of sp³-hybridized carbons (Fsp3) is 0.0588. The van der Waals surface area contributed by atoms with E-state index >= 15 is 0 Å². The lowest BCUT2D eigenvalue weighted by atomic mass is 10.0. The van der Waals surface area contributed by atoms with Gasteiger partial charge in [-0.15, -0.1) is 10.2 Å². The molecule has 0 saturated heterocycles. The Kier molecular flexibility index (Phi) is 2.51. The minimum Gasteiger partial charge on any atom is -0.207 e. The number of nitrogens with zero attached hydrogens (tertiary/aromatic N) is 3. The molecule has 21 heavy (non-hydrogen) atoms. The van der Waals surface area contributed by atoms with Crippen molar-refractivity contribution in [1.29, 1.82) is 0 Å². The second-order valence-corrected chi connectivity index (χ2v) is 5.07. The van der Waals surface area contributed by atoms with Crippen LogP contribution in [0.25, 0.3) is 27.5 Å². The van der Waals surface area contributed by atoms with E-state index in [1.54, 1.807) is 16.9 Å². The van der Waals surface area contributed by atoms with Gasteiger partial charge in [0.1, 0.15) is 16.9 Å². The van der Waals surface area contributed by atoms with Gasteiger partial charge >= 0.3 is 0 Å². The first-order valence-electron chi connectivity index (χ1n) is 6.74. The second kappa shape index (κ2) is 4.38. The molecule has 0 aliphatic heterocycles. The third-order valence-electron chi connectivity index (χ3n) is 3.66. The first kappa shape index (κ1) is 12.0. The molecule has 0 bridgehead atoms. The first-order chi connectivity index (χ1) is 10.2. The Labute approximate surface area is 120 Å². The van der Waals surface area contributed by atoms with Gasteiger partial charge in [0.05, 0.1) is 5.69 Å². The molecule has 3 aromatic carbocycles. The van der Waals surface area contributed by atoms with Gasteiger partial charge in [-0.05, 0) is 48.2 Å². The average molecular weight is 277 g/mol. The van der Waals surface area contributed by atoms with Crippen LogP contribution in [0, 0.1) is 12.7 Å². The maximum Gasteiger partial charge on any atom is 0.123 e. The molecule has 4 heteroatoms.